The summed E-state index contributed by atoms with van der Waals surface area (Å²) in [6.07, 6.45) is 10.5. The number of nitrogens with zero attached hydrogens (tertiary/aromatic N) is 1. The van der Waals surface area contributed by atoms with Crippen molar-refractivity contribution in [2.24, 2.45) is 5.92 Å². The van der Waals surface area contributed by atoms with Crippen LogP contribution in [0.5, 0.6) is 11.5 Å². The number of unbranched alkanes of at least 4 members (excludes halogenated alkanes) is 2. The van der Waals surface area contributed by atoms with Crippen LogP contribution in [0, 0.1) is 5.92 Å². The minimum absolute atomic E-state index is 0.133. The molecule has 0 amide bonds. The first-order valence-corrected chi connectivity index (χ1v) is 9.93. The van der Waals surface area contributed by atoms with E-state index in [4.69, 9.17) is 0 Å². The van der Waals surface area contributed by atoms with Crippen molar-refractivity contribution in [2.45, 2.75) is 72.1 Å². The molecule has 3 nitrogen and oxygen atoms in total. The van der Waals surface area contributed by atoms with E-state index in [1.54, 1.807) is 24.5 Å². The van der Waals surface area contributed by atoms with E-state index in [-0.39, 0.29) is 17.4 Å². The molecule has 1 atom stereocenters. The average Bonchev–Trinajstić information content (AvgIpc) is 2.60. The minimum Gasteiger partial charge on any atom is -0.507 e. The van der Waals surface area contributed by atoms with Crippen molar-refractivity contribution in [3.8, 4) is 22.6 Å². The molecule has 1 aromatic carbocycles. The lowest BCUT2D eigenvalue weighted by Crippen LogP contribution is -1.99. The van der Waals surface area contributed by atoms with Crippen LogP contribution in [-0.4, -0.2) is 15.2 Å². The molecule has 0 saturated carbocycles. The van der Waals surface area contributed by atoms with E-state index < -0.39 is 0 Å². The van der Waals surface area contributed by atoms with E-state index in [2.05, 4.69) is 32.7 Å². The molecule has 2 N–H and O–H groups in total. The topological polar surface area (TPSA) is 53.4 Å². The largest absolute Gasteiger partial charge is 0.507 e. The van der Waals surface area contributed by atoms with Gasteiger partial charge >= 0.3 is 0 Å². The van der Waals surface area contributed by atoms with Crippen molar-refractivity contribution < 1.29 is 10.2 Å². The number of rotatable bonds is 9. The van der Waals surface area contributed by atoms with Gasteiger partial charge in [-0.25, -0.2) is 0 Å². The highest BCUT2D eigenvalue weighted by molar-refractivity contribution is 5.78. The highest BCUT2D eigenvalue weighted by Gasteiger charge is 2.17. The molecule has 0 bridgehead atoms. The first kappa shape index (κ1) is 20.3. The lowest BCUT2D eigenvalue weighted by atomic mass is 9.91. The molecule has 0 fully saturated rings. The fourth-order valence-electron chi connectivity index (χ4n) is 3.51. The number of hydrogen-bond acceptors (Lipinski definition) is 3. The predicted octanol–water partition coefficient (Wildman–Crippen LogP) is 6.43. The second-order valence-corrected chi connectivity index (χ2v) is 7.77. The van der Waals surface area contributed by atoms with Crippen LogP contribution in [0.25, 0.3) is 11.1 Å². The van der Waals surface area contributed by atoms with Gasteiger partial charge in [-0.3, -0.25) is 4.98 Å². The van der Waals surface area contributed by atoms with E-state index in [9.17, 15) is 10.2 Å². The molecule has 1 aromatic heterocycles. The molecular weight excluding hydrogens is 322 g/mol. The van der Waals surface area contributed by atoms with Crippen LogP contribution >= 0.6 is 0 Å². The van der Waals surface area contributed by atoms with Crippen LogP contribution in [0.3, 0.4) is 0 Å². The van der Waals surface area contributed by atoms with Gasteiger partial charge in [0.2, 0.25) is 0 Å². The number of aryl methyl sites for hydroxylation is 1. The van der Waals surface area contributed by atoms with Gasteiger partial charge in [0.15, 0.2) is 0 Å². The lowest BCUT2D eigenvalue weighted by molar-refractivity contribution is 0.447. The highest BCUT2D eigenvalue weighted by Crippen LogP contribution is 2.41. The smallest absolute Gasteiger partial charge is 0.127 e. The fourth-order valence-corrected chi connectivity index (χ4v) is 3.51. The number of aromatic hydroxyl groups is 2. The quantitative estimate of drug-likeness (QED) is 0.509. The summed E-state index contributed by atoms with van der Waals surface area (Å²) < 4.78 is 0. The molecular formula is C23H33NO2. The van der Waals surface area contributed by atoms with Gasteiger partial charge in [0.25, 0.3) is 0 Å². The first-order chi connectivity index (χ1) is 12.4. The summed E-state index contributed by atoms with van der Waals surface area (Å²) in [7, 11) is 0. The predicted molar refractivity (Wildman–Crippen MR) is 109 cm³/mol. The standard InChI is InChI=1S/C23H33NO2/c1-5-6-7-8-17(4)9-10-18-13-21(25)23(22(26)14-18)20-15-24-12-11-19(20)16(2)3/h11-17,25-26H,5-10H2,1-4H3. The molecule has 0 aliphatic rings. The second kappa shape index (κ2) is 9.61. The van der Waals surface area contributed by atoms with Crippen LogP contribution in [0.15, 0.2) is 30.6 Å². The zero-order chi connectivity index (χ0) is 19.1. The third-order valence-electron chi connectivity index (χ3n) is 5.13. The Hall–Kier alpha value is -2.03. The van der Waals surface area contributed by atoms with Gasteiger partial charge in [-0.05, 0) is 54.0 Å². The Labute approximate surface area is 158 Å². The monoisotopic (exact) mass is 355 g/mol. The zero-order valence-electron chi connectivity index (χ0n) is 16.6. The average molecular weight is 356 g/mol. The van der Waals surface area contributed by atoms with Crippen molar-refractivity contribution in [1.82, 2.24) is 4.98 Å². The number of aromatic nitrogens is 1. The van der Waals surface area contributed by atoms with Crippen molar-refractivity contribution in [3.05, 3.63) is 41.7 Å². The molecule has 1 unspecified atom stereocenters. The van der Waals surface area contributed by atoms with Crippen molar-refractivity contribution in [1.29, 1.82) is 0 Å². The van der Waals surface area contributed by atoms with Gasteiger partial charge in [0.05, 0.1) is 5.56 Å². The molecule has 0 aliphatic heterocycles. The Morgan fingerprint density at radius 2 is 1.69 bits per heavy atom. The molecule has 26 heavy (non-hydrogen) atoms. The van der Waals surface area contributed by atoms with Crippen molar-refractivity contribution in [3.63, 3.8) is 0 Å². The van der Waals surface area contributed by atoms with E-state index in [0.29, 0.717) is 11.5 Å². The van der Waals surface area contributed by atoms with Crippen molar-refractivity contribution >= 4 is 0 Å². The molecule has 2 rings (SSSR count). The van der Waals surface area contributed by atoms with Crippen molar-refractivity contribution in [2.75, 3.05) is 0 Å². The van der Waals surface area contributed by atoms with Crippen LogP contribution in [0.2, 0.25) is 0 Å². The van der Waals surface area contributed by atoms with Gasteiger partial charge in [0.1, 0.15) is 11.5 Å². The summed E-state index contributed by atoms with van der Waals surface area (Å²) in [5, 5.41) is 21.2. The third kappa shape index (κ3) is 5.23. The second-order valence-electron chi connectivity index (χ2n) is 7.77. The van der Waals surface area contributed by atoms with Crippen LogP contribution < -0.4 is 0 Å². The Morgan fingerprint density at radius 1 is 1.00 bits per heavy atom. The van der Waals surface area contributed by atoms with Gasteiger partial charge in [-0.15, -0.1) is 0 Å². The zero-order valence-corrected chi connectivity index (χ0v) is 16.6. The lowest BCUT2D eigenvalue weighted by Gasteiger charge is -2.16. The van der Waals surface area contributed by atoms with Crippen LogP contribution in [-0.2, 0) is 6.42 Å². The molecule has 142 valence electrons. The maximum atomic E-state index is 10.6. The van der Waals surface area contributed by atoms with Gasteiger partial charge < -0.3 is 10.2 Å². The third-order valence-corrected chi connectivity index (χ3v) is 5.13. The van der Waals surface area contributed by atoms with E-state index in [1.165, 1.54) is 25.7 Å². The molecule has 2 aromatic rings. The Kier molecular flexibility index (Phi) is 7.50. The number of pyridine rings is 1. The van der Waals surface area contributed by atoms with E-state index in [0.717, 1.165) is 29.5 Å². The molecule has 0 saturated heterocycles. The van der Waals surface area contributed by atoms with Crippen LogP contribution in [0.4, 0.5) is 0 Å². The van der Waals surface area contributed by atoms with E-state index in [1.807, 2.05) is 6.07 Å². The van der Waals surface area contributed by atoms with E-state index >= 15 is 0 Å². The summed E-state index contributed by atoms with van der Waals surface area (Å²) >= 11 is 0. The van der Waals surface area contributed by atoms with Gasteiger partial charge in [0, 0.05) is 18.0 Å². The highest BCUT2D eigenvalue weighted by atomic mass is 16.3. The normalized spacial score (nSPS) is 12.5. The molecule has 1 heterocycles. The first-order valence-electron chi connectivity index (χ1n) is 9.93. The maximum absolute atomic E-state index is 10.6. The molecule has 3 heteroatoms. The Balaban J connectivity index is 2.16. The summed E-state index contributed by atoms with van der Waals surface area (Å²) in [4.78, 5) is 4.18. The van der Waals surface area contributed by atoms with Crippen LogP contribution in [0.1, 0.15) is 76.8 Å². The maximum Gasteiger partial charge on any atom is 0.127 e. The number of phenols is 2. The fraction of sp³-hybridized carbons (Fsp3) is 0.522. The molecule has 0 spiro atoms. The Bertz CT molecular complexity index is 686. The summed E-state index contributed by atoms with van der Waals surface area (Å²) in [6.45, 7) is 8.71. The summed E-state index contributed by atoms with van der Waals surface area (Å²) in [5.74, 6) is 1.22. The molecule has 0 aliphatic carbocycles. The summed E-state index contributed by atoms with van der Waals surface area (Å²) in [5.41, 5.74) is 3.35. The molecule has 0 radical (unpaired) electrons. The Morgan fingerprint density at radius 3 is 2.31 bits per heavy atom. The SMILES string of the molecule is CCCCCC(C)CCc1cc(O)c(-c2cnccc2C(C)C)c(O)c1. The summed E-state index contributed by atoms with van der Waals surface area (Å²) in [6, 6.07) is 5.54. The number of hydrogen-bond donors (Lipinski definition) is 2. The minimum atomic E-state index is 0.133. The number of benzene rings is 1. The van der Waals surface area contributed by atoms with Gasteiger partial charge in [-0.2, -0.15) is 0 Å². The van der Waals surface area contributed by atoms with Gasteiger partial charge in [-0.1, -0.05) is 53.4 Å². The number of phenolic OH excluding ortho intramolecular Hbond substituents is 2.